The van der Waals surface area contributed by atoms with Gasteiger partial charge in [-0.25, -0.2) is 0 Å². The van der Waals surface area contributed by atoms with Gasteiger partial charge in [-0.3, -0.25) is 10.1 Å². The summed E-state index contributed by atoms with van der Waals surface area (Å²) in [5.41, 5.74) is 0.602. The highest BCUT2D eigenvalue weighted by Crippen LogP contribution is 2.26. The van der Waals surface area contributed by atoms with Gasteiger partial charge in [-0.15, -0.1) is 5.11 Å². The second kappa shape index (κ2) is 9.26. The number of nitro benzene ring substituents is 1. The van der Waals surface area contributed by atoms with Gasteiger partial charge in [0.1, 0.15) is 18.1 Å². The Kier molecular flexibility index (Phi) is 6.08. The number of benzene rings is 1. The first-order valence-corrected chi connectivity index (χ1v) is 9.46. The van der Waals surface area contributed by atoms with Crippen molar-refractivity contribution in [2.75, 3.05) is 38.3 Å². The summed E-state index contributed by atoms with van der Waals surface area (Å²) in [5, 5.41) is 19.1. The van der Waals surface area contributed by atoms with E-state index < -0.39 is 4.92 Å². The van der Waals surface area contributed by atoms with Crippen molar-refractivity contribution in [2.24, 2.45) is 10.2 Å². The fraction of sp³-hybridized carbons (Fsp3) is 0.316. The zero-order chi connectivity index (χ0) is 21.6. The van der Waals surface area contributed by atoms with Gasteiger partial charge in [0.25, 0.3) is 11.6 Å². The molecule has 160 valence electrons. The molecule has 3 heterocycles. The number of azo groups is 1. The number of anilines is 1. The van der Waals surface area contributed by atoms with Crippen LogP contribution in [0, 0.1) is 10.1 Å². The van der Waals surface area contributed by atoms with E-state index in [0.717, 1.165) is 0 Å². The summed E-state index contributed by atoms with van der Waals surface area (Å²) in [4.78, 5) is 25.1. The van der Waals surface area contributed by atoms with Crippen molar-refractivity contribution in [3.8, 4) is 17.3 Å². The number of aromatic nitrogens is 3. The van der Waals surface area contributed by atoms with E-state index in [2.05, 4.69) is 25.2 Å². The summed E-state index contributed by atoms with van der Waals surface area (Å²) in [6.07, 6.45) is 0. The average molecular weight is 425 g/mol. The molecule has 1 fully saturated rings. The second-order valence-corrected chi connectivity index (χ2v) is 6.49. The van der Waals surface area contributed by atoms with Crippen LogP contribution in [0.25, 0.3) is 11.3 Å². The Hall–Kier alpha value is -3.93. The lowest BCUT2D eigenvalue weighted by molar-refractivity contribution is -0.384. The molecule has 0 radical (unpaired) electrons. The lowest BCUT2D eigenvalue weighted by atomic mass is 10.1. The molecule has 0 atom stereocenters. The van der Waals surface area contributed by atoms with Gasteiger partial charge in [0.05, 0.1) is 25.2 Å². The van der Waals surface area contributed by atoms with Crippen LogP contribution in [0.15, 0.2) is 51.0 Å². The molecule has 1 saturated heterocycles. The van der Waals surface area contributed by atoms with Gasteiger partial charge in [0, 0.05) is 30.8 Å². The molecule has 0 N–H and O–H groups in total. The third-order valence-electron chi connectivity index (χ3n) is 4.46. The second-order valence-electron chi connectivity index (χ2n) is 6.49. The Morgan fingerprint density at radius 1 is 1.19 bits per heavy atom. The molecule has 12 nitrogen and oxygen atoms in total. The van der Waals surface area contributed by atoms with Crippen molar-refractivity contribution >= 4 is 17.6 Å². The maximum absolute atomic E-state index is 10.9. The van der Waals surface area contributed by atoms with Crippen molar-refractivity contribution in [1.29, 1.82) is 0 Å². The number of furan rings is 1. The summed E-state index contributed by atoms with van der Waals surface area (Å²) >= 11 is 0. The molecule has 12 heteroatoms. The van der Waals surface area contributed by atoms with E-state index in [4.69, 9.17) is 13.9 Å². The fourth-order valence-corrected chi connectivity index (χ4v) is 2.94. The number of hydrogen-bond acceptors (Lipinski definition) is 11. The first-order valence-electron chi connectivity index (χ1n) is 9.46. The van der Waals surface area contributed by atoms with Gasteiger partial charge in [-0.1, -0.05) is 12.1 Å². The molecule has 3 aromatic rings. The predicted molar refractivity (Wildman–Crippen MR) is 108 cm³/mol. The van der Waals surface area contributed by atoms with Crippen LogP contribution in [-0.4, -0.2) is 53.3 Å². The van der Waals surface area contributed by atoms with Crippen LogP contribution in [0.5, 0.6) is 6.01 Å². The zero-order valence-corrected chi connectivity index (χ0v) is 16.7. The number of methoxy groups -OCH3 is 1. The van der Waals surface area contributed by atoms with E-state index in [1.807, 2.05) is 4.90 Å². The minimum atomic E-state index is -0.449. The van der Waals surface area contributed by atoms with Gasteiger partial charge in [0.2, 0.25) is 5.95 Å². The Morgan fingerprint density at radius 2 is 2.03 bits per heavy atom. The quantitative estimate of drug-likeness (QED) is 0.317. The van der Waals surface area contributed by atoms with Crippen LogP contribution in [-0.2, 0) is 11.3 Å². The third-order valence-corrected chi connectivity index (χ3v) is 4.46. The van der Waals surface area contributed by atoms with E-state index in [1.54, 1.807) is 24.3 Å². The third kappa shape index (κ3) is 4.98. The Balaban J connectivity index is 1.46. The molecule has 31 heavy (non-hydrogen) atoms. The summed E-state index contributed by atoms with van der Waals surface area (Å²) in [6, 6.07) is 9.84. The van der Waals surface area contributed by atoms with Crippen LogP contribution < -0.4 is 9.64 Å². The van der Waals surface area contributed by atoms with E-state index in [-0.39, 0.29) is 24.2 Å². The molecule has 1 aliphatic rings. The molecule has 0 bridgehead atoms. The Morgan fingerprint density at radius 3 is 2.81 bits per heavy atom. The maximum Gasteiger partial charge on any atom is 0.322 e. The molecule has 0 saturated carbocycles. The van der Waals surface area contributed by atoms with E-state index in [1.165, 1.54) is 19.2 Å². The van der Waals surface area contributed by atoms with Crippen LogP contribution >= 0.6 is 0 Å². The van der Waals surface area contributed by atoms with Gasteiger partial charge in [-0.2, -0.15) is 20.1 Å². The van der Waals surface area contributed by atoms with E-state index in [0.29, 0.717) is 49.3 Å². The van der Waals surface area contributed by atoms with Crippen molar-refractivity contribution in [1.82, 2.24) is 15.0 Å². The topological polar surface area (TPSA) is 141 Å². The smallest absolute Gasteiger partial charge is 0.322 e. The van der Waals surface area contributed by atoms with Crippen LogP contribution in [0.1, 0.15) is 5.76 Å². The predicted octanol–water partition coefficient (Wildman–Crippen LogP) is 3.17. The van der Waals surface area contributed by atoms with Crippen LogP contribution in [0.4, 0.5) is 17.6 Å². The summed E-state index contributed by atoms with van der Waals surface area (Å²) < 4.78 is 16.2. The Bertz CT molecular complexity index is 1090. The van der Waals surface area contributed by atoms with E-state index in [9.17, 15) is 10.1 Å². The highest BCUT2D eigenvalue weighted by Gasteiger charge is 2.17. The van der Waals surface area contributed by atoms with Crippen molar-refractivity contribution in [3.63, 3.8) is 0 Å². The normalized spacial score (nSPS) is 14.2. The van der Waals surface area contributed by atoms with Crippen molar-refractivity contribution in [2.45, 2.75) is 6.54 Å². The van der Waals surface area contributed by atoms with Crippen LogP contribution in [0.2, 0.25) is 0 Å². The van der Waals surface area contributed by atoms with Crippen LogP contribution in [0.3, 0.4) is 0 Å². The van der Waals surface area contributed by atoms with Crippen molar-refractivity contribution in [3.05, 3.63) is 52.3 Å². The van der Waals surface area contributed by atoms with Gasteiger partial charge >= 0.3 is 6.01 Å². The number of non-ortho nitro benzene ring substituents is 1. The molecule has 4 rings (SSSR count). The molecule has 2 aromatic heterocycles. The highest BCUT2D eigenvalue weighted by atomic mass is 16.6. The lowest BCUT2D eigenvalue weighted by Gasteiger charge is -2.26. The number of nitrogens with zero attached hydrogens (tertiary/aromatic N) is 7. The van der Waals surface area contributed by atoms with Gasteiger partial charge in [-0.05, 0) is 12.1 Å². The standard InChI is InChI=1S/C19H19N7O5/c1-29-19-22-17(21-18(23-19)25-7-9-30-10-8-25)24-20-12-15-5-6-16(31-15)13-3-2-4-14(11-13)26(27)28/h2-6,11H,7-10,12H2,1H3. The van der Waals surface area contributed by atoms with Gasteiger partial charge < -0.3 is 18.8 Å². The monoisotopic (exact) mass is 425 g/mol. The minimum absolute atomic E-state index is 0.00464. The first-order chi connectivity index (χ1) is 15.1. The molecule has 1 aromatic carbocycles. The van der Waals surface area contributed by atoms with E-state index >= 15 is 0 Å². The molecular weight excluding hydrogens is 406 g/mol. The minimum Gasteiger partial charge on any atom is -0.467 e. The van der Waals surface area contributed by atoms with Crippen molar-refractivity contribution < 1.29 is 18.8 Å². The SMILES string of the molecule is COc1nc(N=NCc2ccc(-c3cccc([N+](=O)[O-])c3)o2)nc(N2CCOCC2)n1. The molecule has 0 aliphatic carbocycles. The maximum atomic E-state index is 10.9. The number of nitro groups is 1. The molecule has 0 amide bonds. The number of hydrogen-bond donors (Lipinski definition) is 0. The Labute approximate surface area is 176 Å². The highest BCUT2D eigenvalue weighted by molar-refractivity contribution is 5.61. The summed E-state index contributed by atoms with van der Waals surface area (Å²) in [7, 11) is 1.47. The molecule has 0 unspecified atom stereocenters. The number of rotatable bonds is 7. The van der Waals surface area contributed by atoms with Gasteiger partial charge in [0.15, 0.2) is 0 Å². The number of ether oxygens (including phenoxy) is 2. The summed E-state index contributed by atoms with van der Waals surface area (Å²) in [5.74, 6) is 1.62. The molecule has 0 spiro atoms. The largest absolute Gasteiger partial charge is 0.467 e. The molecular formula is C19H19N7O5. The molecule has 1 aliphatic heterocycles. The summed E-state index contributed by atoms with van der Waals surface area (Å²) in [6.45, 7) is 2.66. The fourth-order valence-electron chi connectivity index (χ4n) is 2.94. The lowest BCUT2D eigenvalue weighted by Crippen LogP contribution is -2.37. The first kappa shape index (κ1) is 20.3. The number of morpholine rings is 1. The zero-order valence-electron chi connectivity index (χ0n) is 16.7. The average Bonchev–Trinajstić information content (AvgIpc) is 3.28.